The third kappa shape index (κ3) is 12.2. The molecule has 4 aliphatic heterocycles. The van der Waals surface area contributed by atoms with Crippen molar-refractivity contribution in [2.45, 2.75) is 236 Å². The molecule has 5 N–H and O–H groups in total. The molecule has 0 radical (unpaired) electrons. The van der Waals surface area contributed by atoms with Crippen molar-refractivity contribution in [3.63, 3.8) is 0 Å². The van der Waals surface area contributed by atoms with Crippen molar-refractivity contribution in [3.8, 4) is 0 Å². The quantitative estimate of drug-likeness (QED) is 0.0605. The molecule has 8 rings (SSSR count). The van der Waals surface area contributed by atoms with Crippen LogP contribution in [-0.4, -0.2) is 196 Å². The molecular weight excluding hydrogens is 1020 g/mol. The first kappa shape index (κ1) is 60.0. The number of hydrogen-bond donors (Lipinski definition) is 5. The fraction of sp³-hybridized carbons (Fsp3) is 0.887. The Morgan fingerprint density at radius 2 is 1.36 bits per heavy atom. The van der Waals surface area contributed by atoms with Gasteiger partial charge in [-0.25, -0.2) is 8.98 Å². The summed E-state index contributed by atoms with van der Waals surface area (Å²) in [6, 6.07) is 0. The van der Waals surface area contributed by atoms with Gasteiger partial charge in [-0.2, -0.15) is 8.42 Å². The van der Waals surface area contributed by atoms with Crippen molar-refractivity contribution in [1.82, 2.24) is 0 Å². The van der Waals surface area contributed by atoms with Gasteiger partial charge in [-0.3, -0.25) is 9.35 Å². The van der Waals surface area contributed by atoms with Crippen LogP contribution >= 0.6 is 0 Å². The molecule has 0 spiro atoms. The number of allylic oxidation sites excluding steroid dienone is 2. The minimum absolute atomic E-state index is 0.119. The molecule has 0 aromatic carbocycles. The smallest absolute Gasteiger partial charge is 0.397 e. The van der Waals surface area contributed by atoms with Gasteiger partial charge in [0.25, 0.3) is 0 Å². The topological polar surface area (TPSA) is 289 Å². The maximum atomic E-state index is 13.2. The highest BCUT2D eigenvalue weighted by molar-refractivity contribution is 7.80. The zero-order valence-corrected chi connectivity index (χ0v) is 46.5. The Morgan fingerprint density at radius 1 is 0.711 bits per heavy atom. The van der Waals surface area contributed by atoms with Crippen LogP contribution < -0.4 is 0 Å². The number of methoxy groups -OCH3 is 3. The normalized spacial score (nSPS) is 47.7. The van der Waals surface area contributed by atoms with Gasteiger partial charge in [0.05, 0.1) is 43.2 Å². The highest BCUT2D eigenvalue weighted by atomic mass is 32.3. The van der Waals surface area contributed by atoms with Crippen molar-refractivity contribution in [1.29, 1.82) is 0 Å². The molecule has 4 heterocycles. The molecule has 4 aliphatic carbocycles. The second-order valence-electron chi connectivity index (χ2n) is 23.2. The van der Waals surface area contributed by atoms with Gasteiger partial charge >= 0.3 is 16.4 Å². The van der Waals surface area contributed by atoms with Crippen LogP contribution in [0.25, 0.3) is 0 Å². The van der Waals surface area contributed by atoms with Gasteiger partial charge in [-0.1, -0.05) is 31.1 Å². The Hall–Kier alpha value is -2.11. The number of Topliss-reactive ketones (excluding diaryl/α,β-unsaturated/α-hetero) is 1. The zero-order valence-electron chi connectivity index (χ0n) is 45.7. The molecule has 0 bridgehead atoms. The number of ketones is 1. The first-order valence-corrected chi connectivity index (χ1v) is 28.4. The van der Waals surface area contributed by atoms with Crippen LogP contribution in [0.15, 0.2) is 23.3 Å². The number of esters is 1. The first-order valence-electron chi connectivity index (χ1n) is 27.0. The van der Waals surface area contributed by atoms with Gasteiger partial charge in [0, 0.05) is 51.6 Å². The molecule has 0 unspecified atom stereocenters. The standard InChI is InChI=1S/C53H84O22S/c1-24(2)18-39(55)72-38-20-34-31(33-15-14-32(25(3)54)53(33,38)8)13-12-29-19-30(16-17-52(29,34)7)70-50-44(58)43(57)48(37(71-50)23-66-76(60,61)62)75-51-45(59)49(65-11)47(28(6)69-51)74-41-22-36(64-10)46(27(5)68-41)73-40-21-35(63-9)42(56)26(4)67-40/h12,18,26-28,30-38,40-51,56-59H,13-17,19-23H2,1-11H3,(H,60,61,62)/t26-,27-,28-,30+,31+,32-,33-,34+,35+,36+,37-,38-,40+,41+,42-,43-,44-,45-,46-,47-,48-,49-,50-,51+,52+,53-/m1/s1. The van der Waals surface area contributed by atoms with E-state index in [1.807, 2.05) is 13.8 Å². The van der Waals surface area contributed by atoms with Crippen molar-refractivity contribution in [3.05, 3.63) is 23.3 Å². The Balaban J connectivity index is 0.916. The molecule has 23 heteroatoms. The van der Waals surface area contributed by atoms with Crippen molar-refractivity contribution in [2.75, 3.05) is 27.9 Å². The molecule has 3 saturated carbocycles. The van der Waals surface area contributed by atoms with E-state index in [1.165, 1.54) is 27.4 Å². The fourth-order valence-corrected chi connectivity index (χ4v) is 14.8. The Bertz CT molecular complexity index is 2190. The second-order valence-corrected chi connectivity index (χ2v) is 24.3. The monoisotopic (exact) mass is 1100 g/mol. The Labute approximate surface area is 446 Å². The Kier molecular flexibility index (Phi) is 19.1. The number of hydrogen-bond acceptors (Lipinski definition) is 21. The summed E-state index contributed by atoms with van der Waals surface area (Å²) in [6.07, 6.45) is -11.5. The molecule has 0 aromatic heterocycles. The number of aliphatic hydroxyl groups excluding tert-OH is 4. The average molecular weight is 1110 g/mol. The maximum Gasteiger partial charge on any atom is 0.397 e. The van der Waals surface area contributed by atoms with Gasteiger partial charge in [0.1, 0.15) is 66.8 Å². The molecular formula is C53H84O22S. The van der Waals surface area contributed by atoms with Crippen LogP contribution in [-0.2, 0) is 81.0 Å². The third-order valence-corrected chi connectivity index (χ3v) is 18.9. The van der Waals surface area contributed by atoms with E-state index in [-0.39, 0.29) is 47.7 Å². The highest BCUT2D eigenvalue weighted by Gasteiger charge is 2.65. The van der Waals surface area contributed by atoms with Gasteiger partial charge in [0.15, 0.2) is 25.2 Å². The summed E-state index contributed by atoms with van der Waals surface area (Å²) < 4.78 is 111. The lowest BCUT2D eigenvalue weighted by Crippen LogP contribution is -2.65. The lowest BCUT2D eigenvalue weighted by Gasteiger charge is -2.60. The molecule has 8 aliphatic rings. The fourth-order valence-electron chi connectivity index (χ4n) is 14.5. The first-order chi connectivity index (χ1) is 35.8. The van der Waals surface area contributed by atoms with E-state index < -0.39 is 151 Å². The number of carbonyl (C=O) groups excluding carboxylic acids is 2. The van der Waals surface area contributed by atoms with Crippen LogP contribution in [0.5, 0.6) is 0 Å². The largest absolute Gasteiger partial charge is 0.459 e. The van der Waals surface area contributed by atoms with Gasteiger partial charge in [0.2, 0.25) is 0 Å². The molecule has 4 saturated heterocycles. The number of carbonyl (C=O) groups is 2. The van der Waals surface area contributed by atoms with Crippen LogP contribution in [0.4, 0.5) is 0 Å². The number of rotatable bonds is 17. The van der Waals surface area contributed by atoms with E-state index >= 15 is 0 Å². The van der Waals surface area contributed by atoms with Crippen LogP contribution in [0.1, 0.15) is 113 Å². The lowest BCUT2D eigenvalue weighted by molar-refractivity contribution is -0.374. The Morgan fingerprint density at radius 3 is 2.00 bits per heavy atom. The van der Waals surface area contributed by atoms with Gasteiger partial charge < -0.3 is 77.3 Å². The van der Waals surface area contributed by atoms with Crippen LogP contribution in [0, 0.1) is 34.5 Å². The average Bonchev–Trinajstić information content (AvgIpc) is 3.72. The SMILES string of the molecule is CO[C@@H]1[C@@H](O)[C@H](O[C@H]2[C@H](O)[C@@H](O)[C@H](O[C@H]3CC[C@@]4(C)C(=CC[C@H]5[C@H]6CC[C@H](C(C)=O)[C@@]6(C)[C@H](OC(=O)C=C(C)C)C[C@@H]54)C3)O[C@@H]2COS(=O)(=O)O)O[C@H](C)[C@H]1O[C@H]1C[C@H](OC)[C@H](O[C@H]2C[C@H](OC)[C@H](O)[C@@H](C)O2)[C@@H](C)O1. The second kappa shape index (κ2) is 24.2. The summed E-state index contributed by atoms with van der Waals surface area (Å²) in [5.41, 5.74) is 1.18. The van der Waals surface area contributed by atoms with Crippen molar-refractivity contribution >= 4 is 22.2 Å². The summed E-state index contributed by atoms with van der Waals surface area (Å²) in [4.78, 5) is 26.3. The van der Waals surface area contributed by atoms with Crippen molar-refractivity contribution < 1.29 is 104 Å². The minimum Gasteiger partial charge on any atom is -0.459 e. The summed E-state index contributed by atoms with van der Waals surface area (Å²) in [7, 11) is -0.636. The summed E-state index contributed by atoms with van der Waals surface area (Å²) in [5, 5.41) is 45.6. The number of aliphatic hydroxyl groups is 4. The van der Waals surface area contributed by atoms with E-state index in [4.69, 9.17) is 61.0 Å². The zero-order chi connectivity index (χ0) is 55.3. The van der Waals surface area contributed by atoms with E-state index in [0.29, 0.717) is 25.7 Å². The molecule has 0 aromatic rings. The van der Waals surface area contributed by atoms with Crippen molar-refractivity contribution in [2.24, 2.45) is 34.5 Å². The van der Waals surface area contributed by atoms with Gasteiger partial charge in [-0.05, 0) is 110 Å². The third-order valence-electron chi connectivity index (χ3n) is 18.4. The molecule has 0 amide bonds. The maximum absolute atomic E-state index is 13.2. The summed E-state index contributed by atoms with van der Waals surface area (Å²) in [6.45, 7) is 14.0. The number of ether oxygens (including phenoxy) is 12. The molecule has 22 nitrogen and oxygen atoms in total. The lowest BCUT2D eigenvalue weighted by atomic mass is 9.46. The summed E-state index contributed by atoms with van der Waals surface area (Å²) >= 11 is 0. The predicted octanol–water partition coefficient (Wildman–Crippen LogP) is 3.23. The predicted molar refractivity (Wildman–Crippen MR) is 265 cm³/mol. The molecule has 434 valence electrons. The number of fused-ring (bicyclic) bond motifs is 5. The highest BCUT2D eigenvalue weighted by Crippen LogP contribution is 2.67. The van der Waals surface area contributed by atoms with Crippen LogP contribution in [0.2, 0.25) is 0 Å². The van der Waals surface area contributed by atoms with E-state index in [0.717, 1.165) is 30.4 Å². The van der Waals surface area contributed by atoms with Gasteiger partial charge in [-0.15, -0.1) is 0 Å². The molecule has 76 heavy (non-hydrogen) atoms. The van der Waals surface area contributed by atoms with E-state index in [1.54, 1.807) is 27.7 Å². The summed E-state index contributed by atoms with van der Waals surface area (Å²) in [5.74, 6) is 0.0954. The van der Waals surface area contributed by atoms with E-state index in [9.17, 15) is 43.0 Å². The molecule has 7 fully saturated rings. The minimum atomic E-state index is -5.04. The van der Waals surface area contributed by atoms with Crippen LogP contribution in [0.3, 0.4) is 0 Å². The molecule has 26 atom stereocenters. The van der Waals surface area contributed by atoms with E-state index in [2.05, 4.69) is 19.9 Å².